The van der Waals surface area contributed by atoms with Crippen LogP contribution in [0.15, 0.2) is 122 Å². The van der Waals surface area contributed by atoms with Crippen LogP contribution in [0.2, 0.25) is 51.5 Å². The van der Waals surface area contributed by atoms with Crippen molar-refractivity contribution in [2.75, 3.05) is 99.4 Å². The second-order valence-electron chi connectivity index (χ2n) is 24.3. The molecule has 0 bridgehead atoms. The number of aromatic hydroxyl groups is 1. The zero-order valence-corrected chi connectivity index (χ0v) is 103. The van der Waals surface area contributed by atoms with Crippen molar-refractivity contribution in [2.45, 2.75) is 49.1 Å². The number of aliphatic hydroxyl groups excluding tert-OH is 1. The number of hydrogen-bond donors (Lipinski definition) is 6. The molecule has 0 amide bonds. The van der Waals surface area contributed by atoms with Crippen molar-refractivity contribution >= 4 is 204 Å². The number of ketones is 2. The Kier molecular flexibility index (Phi) is 68.6. The first kappa shape index (κ1) is 140. The number of rotatable bonds is 23. The predicted octanol–water partition coefficient (Wildman–Crippen LogP) is 3.03. The number of fused-ring (bicyclic) bond motifs is 1. The summed E-state index contributed by atoms with van der Waals surface area (Å²) in [6, 6.07) is 15.0. The van der Waals surface area contributed by atoms with Gasteiger partial charge in [0.15, 0.2) is 70.2 Å². The molecule has 5 aromatic carbocycles. The average Bonchev–Trinajstić information content (AvgIpc) is 0.769. The number of aromatic nitrogens is 10. The second-order valence-corrected chi connectivity index (χ2v) is 30.4. The summed E-state index contributed by atoms with van der Waals surface area (Å²) in [5.41, 5.74) is -6.72. The largest absolute Gasteiger partial charge is 1.00 e. The molecule has 138 heavy (non-hydrogen) atoms. The number of carbonyl (C=O) groups excluding carboxylic acids is 4. The first-order valence-corrected chi connectivity index (χ1v) is 41.5. The molecule has 0 aliphatic carbocycles. The zero-order chi connectivity index (χ0) is 99.7. The van der Waals surface area contributed by atoms with E-state index in [-0.39, 0.29) is 416 Å². The number of alkyl halides is 16. The molecule has 0 saturated carbocycles. The third-order valence-electron chi connectivity index (χ3n) is 15.6. The predicted molar refractivity (Wildman–Crippen MR) is 460 cm³/mol. The van der Waals surface area contributed by atoms with Crippen molar-refractivity contribution in [3.63, 3.8) is 0 Å². The van der Waals surface area contributed by atoms with Crippen LogP contribution in [0, 0.1) is 0 Å². The van der Waals surface area contributed by atoms with E-state index in [1.54, 1.807) is 26.0 Å². The monoisotopic (exact) mass is 2540 g/mol. The number of Topliss-reactive ketones (excluding diaryl/α,β-unsaturated/α-hetero) is 2. The van der Waals surface area contributed by atoms with Gasteiger partial charge in [-0.25, -0.2) is 24.9 Å². The van der Waals surface area contributed by atoms with Gasteiger partial charge < -0.3 is 79.9 Å². The molecule has 0 saturated heterocycles. The van der Waals surface area contributed by atoms with Gasteiger partial charge >= 0.3 is 301 Å². The van der Waals surface area contributed by atoms with E-state index in [0.717, 1.165) is 42.5 Å². The van der Waals surface area contributed by atoms with E-state index in [9.17, 15) is 89.0 Å². The fraction of sp³-hybridized carbons (Fsp3) is 0.260. The molecule has 3 atom stereocenters. The summed E-state index contributed by atoms with van der Waals surface area (Å²) in [6.45, 7) is -1.99. The standard InChI is InChI=1S/C15H14Cl2F3N3O4S.C14H12Cl2F3N3O2.C14H10Cl2F3N3O2.C14H10Cl2F3N3O.C9H5BrClF3O.C5H6ClN3O.2CH2O3.B.2Cs.2K.Na.3H/c1-21-13-11(6-22-14(17)23-13)26-7-12(27-28(2,24)25)9-4-3-8(16)5-10(9)15(18,19)20;2*1-20-12-11(5-21-13(16)22-12)24-6-10(23)8-3-2-7(15)4-9(8)14(17,18)19;1-22-10(6-23-11-5-20-13(16)21-12(11)22)8-3-2-7(15)4-9(8)14(17,18)19;10-4-8(15)6-2-1-5(11)3-7(6)9(12,13)14;1-7-4-3(10)2-8-5(6)9-4;2*2-1-4-3;;;;;;;;;/h3-6,12H,7H2,1-2H3,(H,21,22,23);2-5,10,23H,6H2,1H3,(H,20,21,22);2-5H,6H2,1H3,(H,20,21,22);2-5,10H,6H2,1H3;1-3H,4H2;2,10H,1H3,(H,7,8,9);2*1,3H;;;;;;;;;/q;;;;;;;;;5*+1;3*-1/p-2. The van der Waals surface area contributed by atoms with E-state index in [1.165, 1.54) is 81.5 Å². The van der Waals surface area contributed by atoms with Gasteiger partial charge in [0, 0.05) is 79.9 Å². The molecule has 6 N–H and O–H groups in total. The van der Waals surface area contributed by atoms with Gasteiger partial charge in [-0.2, -0.15) is 99.2 Å². The van der Waals surface area contributed by atoms with Crippen molar-refractivity contribution in [3.8, 4) is 28.7 Å². The molecule has 727 valence electrons. The Balaban J connectivity index is -0.000000383. The summed E-state index contributed by atoms with van der Waals surface area (Å²) < 4.78 is 245. The molecule has 1 aliphatic heterocycles. The zero-order valence-electron chi connectivity index (χ0n) is 75.2. The third kappa shape index (κ3) is 47.9. The van der Waals surface area contributed by atoms with Crippen molar-refractivity contribution in [3.05, 3.63) is 229 Å². The van der Waals surface area contributed by atoms with Crippen LogP contribution in [0.25, 0.3) is 0 Å². The molecule has 5 aromatic heterocycles. The van der Waals surface area contributed by atoms with Gasteiger partial charge in [0.05, 0.1) is 76.4 Å². The average molecular weight is 2550 g/mol. The van der Waals surface area contributed by atoms with E-state index in [1.807, 2.05) is 0 Å². The number of ether oxygens (including phenoxy) is 4. The molecule has 3 unspecified atom stereocenters. The van der Waals surface area contributed by atoms with Crippen molar-refractivity contribution < 1.29 is 421 Å². The summed E-state index contributed by atoms with van der Waals surface area (Å²) >= 11 is 58.9. The van der Waals surface area contributed by atoms with Crippen LogP contribution in [0.5, 0.6) is 28.7 Å². The molecule has 1 aliphatic rings. The molecule has 0 fully saturated rings. The first-order chi connectivity index (χ1) is 61.5. The van der Waals surface area contributed by atoms with Gasteiger partial charge in [-0.15, -0.1) is 0 Å². The van der Waals surface area contributed by atoms with Crippen LogP contribution in [0.4, 0.5) is 94.9 Å². The van der Waals surface area contributed by atoms with Crippen LogP contribution in [-0.4, -0.2) is 175 Å². The van der Waals surface area contributed by atoms with Gasteiger partial charge in [0.1, 0.15) is 32.0 Å². The Morgan fingerprint density at radius 3 is 1.22 bits per heavy atom. The van der Waals surface area contributed by atoms with Crippen molar-refractivity contribution in [1.29, 1.82) is 0 Å². The number of anilines is 5. The fourth-order valence-corrected chi connectivity index (χ4v) is 12.5. The van der Waals surface area contributed by atoms with Crippen LogP contribution in [0.3, 0.4) is 0 Å². The number of nitrogens with one attached hydrogen (secondary N) is 4. The molecule has 65 heteroatoms. The van der Waals surface area contributed by atoms with E-state index in [2.05, 4.69) is 96.8 Å². The summed E-state index contributed by atoms with van der Waals surface area (Å²) in [7, 11) is 3.75. The van der Waals surface area contributed by atoms with Gasteiger partial charge in [0.25, 0.3) is 23.1 Å². The quantitative estimate of drug-likeness (QED) is 0.00617. The fourth-order valence-electron chi connectivity index (χ4n) is 10.1. The van der Waals surface area contributed by atoms with E-state index in [0.29, 0.717) is 35.8 Å². The van der Waals surface area contributed by atoms with Gasteiger partial charge in [0.2, 0.25) is 32.2 Å². The van der Waals surface area contributed by atoms with Crippen LogP contribution in [-0.2, 0) is 64.5 Å². The number of nitrogens with zero attached hydrogens (tertiary/aromatic N) is 11. The minimum atomic E-state index is -4.79. The van der Waals surface area contributed by atoms with E-state index in [4.69, 9.17) is 164 Å². The molecule has 10 aromatic rings. The SMILES string of the molecule is CN1c2nc(Cl)ncc2OCC1c1ccc(Cl)cc1C(F)(F)F.CNc1nc(Cl)ncc1O.CNc1nc(Cl)ncc1OCC(=O)c1ccc(Cl)cc1C(F)(F)F.CNc1nc(Cl)ncc1OCC(O)c1ccc(Cl)cc1C(F)(F)F.CNc1nc(Cl)ncc1OCC(OS(C)(=O)=O)c1ccc(Cl)cc1C(F)(F)F.O=C(CBr)c1ccc(Cl)cc1C(F)(F)F.O=CO[O-].O=CO[O-].[B].[Cs+].[Cs+].[H-].[H-].[H-].[K+].[K+].[Na+]. The smallest absolute Gasteiger partial charge is 1.00 e. The van der Waals surface area contributed by atoms with Crippen molar-refractivity contribution in [1.82, 2.24) is 49.8 Å². The third-order valence-corrected chi connectivity index (χ3v) is 18.8. The Labute approximate surface area is 1060 Å². The molecule has 0 spiro atoms. The maximum absolute atomic E-state index is 13.4. The second kappa shape index (κ2) is 67.4. The Hall–Kier alpha value is -1.66. The van der Waals surface area contributed by atoms with Gasteiger partial charge in [-0.1, -0.05) is 92.1 Å². The van der Waals surface area contributed by atoms with E-state index >= 15 is 0 Å². The number of benzene rings is 5. The normalized spacial score (nSPS) is 12.1. The summed E-state index contributed by atoms with van der Waals surface area (Å²) in [4.78, 5) is 85.1. The minimum absolute atomic E-state index is 0. The summed E-state index contributed by atoms with van der Waals surface area (Å²) in [5.74, 6) is 0.411. The van der Waals surface area contributed by atoms with Crippen molar-refractivity contribution in [2.24, 2.45) is 0 Å². The number of aliphatic hydroxyl groups is 1. The molecular formula is C73H62BBrCl10Cs2F15K2N15NaO17S. The number of carbonyl (C=O) groups is 4. The first-order valence-electron chi connectivity index (χ1n) is 34.8. The Morgan fingerprint density at radius 2 is 0.848 bits per heavy atom. The summed E-state index contributed by atoms with van der Waals surface area (Å²) in [5, 5.41) is 46.0. The molecule has 32 nitrogen and oxygen atoms in total. The molecule has 6 heterocycles. The molecule has 3 radical (unpaired) electrons. The Bertz CT molecular complexity index is 5740. The minimum Gasteiger partial charge on any atom is -1.00 e. The summed E-state index contributed by atoms with van der Waals surface area (Å²) in [6.07, 6.45) is -19.4. The molecular weight excluding hydrogens is 2490 g/mol. The van der Waals surface area contributed by atoms with E-state index < -0.39 is 130 Å². The number of hydrogen-bond acceptors (Lipinski definition) is 32. The number of likely N-dealkylation sites (N-methyl/N-ethyl adjacent to an activating group) is 1. The van der Waals surface area contributed by atoms with Crippen LogP contribution in [0.1, 0.15) is 87.8 Å². The Morgan fingerprint density at radius 1 is 0.522 bits per heavy atom. The van der Waals surface area contributed by atoms with Crippen LogP contribution < -0.4 is 326 Å². The maximum Gasteiger partial charge on any atom is 1.00 e. The topological polar surface area (TPSA) is 434 Å². The van der Waals surface area contributed by atoms with Crippen LogP contribution >= 0.6 is 132 Å². The number of halogens is 26. The van der Waals surface area contributed by atoms with Gasteiger partial charge in [-0.05, 0) is 147 Å². The maximum atomic E-state index is 13.4. The molecule has 11 rings (SSSR count). The van der Waals surface area contributed by atoms with Gasteiger partial charge in [-0.3, -0.25) is 23.4 Å².